The minimum Gasteiger partial charge on any atom is -0.360 e. The van der Waals surface area contributed by atoms with Crippen LogP contribution in [0.3, 0.4) is 0 Å². The van der Waals surface area contributed by atoms with Crippen LogP contribution < -0.4 is 4.90 Å². The van der Waals surface area contributed by atoms with Crippen LogP contribution >= 0.6 is 11.8 Å². The molecular formula is C21H26N2S. The Morgan fingerprint density at radius 1 is 1.12 bits per heavy atom. The van der Waals surface area contributed by atoms with Gasteiger partial charge in [0.1, 0.15) is 5.82 Å². The summed E-state index contributed by atoms with van der Waals surface area (Å²) in [5.74, 6) is 1.03. The quantitative estimate of drug-likeness (QED) is 0.559. The first-order valence-corrected chi connectivity index (χ1v) is 9.26. The van der Waals surface area contributed by atoms with Crippen molar-refractivity contribution in [3.05, 3.63) is 84.4 Å². The monoisotopic (exact) mass is 338 g/mol. The maximum absolute atomic E-state index is 4.38. The Morgan fingerprint density at radius 2 is 1.88 bits per heavy atom. The first-order chi connectivity index (χ1) is 11.7. The van der Waals surface area contributed by atoms with Gasteiger partial charge in [-0.15, -0.1) is 18.3 Å². The Kier molecular flexibility index (Phi) is 7.63. The Balaban J connectivity index is 1.79. The van der Waals surface area contributed by atoms with Gasteiger partial charge in [0.2, 0.25) is 0 Å². The van der Waals surface area contributed by atoms with E-state index in [1.807, 2.05) is 35.9 Å². The molecule has 24 heavy (non-hydrogen) atoms. The molecule has 1 aromatic carbocycles. The summed E-state index contributed by atoms with van der Waals surface area (Å²) in [5, 5.41) is 2.29. The fraction of sp³-hybridized carbons (Fsp3) is 0.286. The molecule has 1 heterocycles. The van der Waals surface area contributed by atoms with E-state index in [1.54, 1.807) is 11.8 Å². The van der Waals surface area contributed by atoms with Crippen LogP contribution in [0.4, 0.5) is 5.82 Å². The summed E-state index contributed by atoms with van der Waals surface area (Å²) in [6.07, 6.45) is 7.04. The second kappa shape index (κ2) is 9.99. The molecule has 1 unspecified atom stereocenters. The predicted octanol–water partition coefficient (Wildman–Crippen LogP) is 5.12. The van der Waals surface area contributed by atoms with Crippen LogP contribution in [0.5, 0.6) is 0 Å². The van der Waals surface area contributed by atoms with Gasteiger partial charge in [-0.25, -0.2) is 4.98 Å². The number of thioether (sulfide) groups is 1. The zero-order valence-electron chi connectivity index (χ0n) is 14.4. The van der Waals surface area contributed by atoms with Crippen LogP contribution in [-0.2, 0) is 12.8 Å². The van der Waals surface area contributed by atoms with E-state index in [0.29, 0.717) is 5.25 Å². The number of hydrogen-bond donors (Lipinski definition) is 0. The van der Waals surface area contributed by atoms with Gasteiger partial charge in [-0.1, -0.05) is 43.0 Å². The maximum Gasteiger partial charge on any atom is 0.128 e. The average Bonchev–Trinajstić information content (AvgIpc) is 2.63. The third-order valence-electron chi connectivity index (χ3n) is 3.99. The number of anilines is 1. The summed E-state index contributed by atoms with van der Waals surface area (Å²) < 4.78 is 0. The lowest BCUT2D eigenvalue weighted by atomic mass is 10.0. The molecule has 126 valence electrons. The Labute approximate surface area is 150 Å². The zero-order chi connectivity index (χ0) is 17.2. The largest absolute Gasteiger partial charge is 0.360 e. The second-order valence-corrected chi connectivity index (χ2v) is 7.02. The molecule has 0 radical (unpaired) electrons. The number of hydrogen-bond acceptors (Lipinski definition) is 3. The van der Waals surface area contributed by atoms with E-state index in [2.05, 4.69) is 54.4 Å². The first-order valence-electron chi connectivity index (χ1n) is 8.32. The summed E-state index contributed by atoms with van der Waals surface area (Å²) in [7, 11) is 2.10. The molecule has 0 spiro atoms. The first kappa shape index (κ1) is 18.3. The smallest absolute Gasteiger partial charge is 0.128 e. The van der Waals surface area contributed by atoms with Gasteiger partial charge in [-0.3, -0.25) is 0 Å². The third kappa shape index (κ3) is 5.89. The Bertz CT molecular complexity index is 622. The highest BCUT2D eigenvalue weighted by Gasteiger charge is 2.05. The van der Waals surface area contributed by atoms with Crippen molar-refractivity contribution in [2.24, 2.45) is 0 Å². The SMILES string of the molecule is C=CSC(C=C)Cc1ccc(CCCN(C)c2ccccn2)cc1. The molecule has 2 aromatic rings. The van der Waals surface area contributed by atoms with Crippen molar-refractivity contribution in [3.8, 4) is 0 Å². The molecule has 0 aliphatic heterocycles. The van der Waals surface area contributed by atoms with Crippen molar-refractivity contribution in [1.29, 1.82) is 0 Å². The van der Waals surface area contributed by atoms with E-state index in [9.17, 15) is 0 Å². The molecule has 2 nitrogen and oxygen atoms in total. The van der Waals surface area contributed by atoms with Crippen molar-refractivity contribution in [2.45, 2.75) is 24.5 Å². The number of aromatic nitrogens is 1. The minimum atomic E-state index is 0.403. The van der Waals surface area contributed by atoms with Gasteiger partial charge >= 0.3 is 0 Å². The second-order valence-electron chi connectivity index (χ2n) is 5.81. The molecule has 1 atom stereocenters. The maximum atomic E-state index is 4.38. The van der Waals surface area contributed by atoms with Crippen LogP contribution in [0.2, 0.25) is 0 Å². The molecular weight excluding hydrogens is 312 g/mol. The predicted molar refractivity (Wildman–Crippen MR) is 108 cm³/mol. The summed E-state index contributed by atoms with van der Waals surface area (Å²) in [6, 6.07) is 15.0. The number of aryl methyl sites for hydroxylation is 1. The van der Waals surface area contributed by atoms with Gasteiger partial charge in [-0.2, -0.15) is 0 Å². The highest BCUT2D eigenvalue weighted by atomic mass is 32.2. The molecule has 3 heteroatoms. The summed E-state index contributed by atoms with van der Waals surface area (Å²) in [6.45, 7) is 8.68. The molecule has 0 amide bonds. The van der Waals surface area contributed by atoms with Gasteiger partial charge in [0.05, 0.1) is 0 Å². The van der Waals surface area contributed by atoms with E-state index in [0.717, 1.165) is 31.6 Å². The number of benzene rings is 1. The standard InChI is InChI=1S/C21H26N2S/c1-4-20(24-5-2)17-19-13-11-18(12-14-19)9-8-16-23(3)21-10-6-7-15-22-21/h4-7,10-15,20H,1-2,8-9,16-17H2,3H3. The molecule has 1 aromatic heterocycles. The molecule has 0 fully saturated rings. The average molecular weight is 339 g/mol. The molecule has 0 N–H and O–H groups in total. The van der Waals surface area contributed by atoms with Gasteiger partial charge < -0.3 is 4.90 Å². The lowest BCUT2D eigenvalue weighted by Gasteiger charge is -2.17. The highest BCUT2D eigenvalue weighted by Crippen LogP contribution is 2.19. The molecule has 2 rings (SSSR count). The number of pyridine rings is 1. The molecule has 0 aliphatic carbocycles. The minimum absolute atomic E-state index is 0.403. The van der Waals surface area contributed by atoms with Crippen LogP contribution in [0, 0.1) is 0 Å². The van der Waals surface area contributed by atoms with Gasteiger partial charge in [0.25, 0.3) is 0 Å². The van der Waals surface area contributed by atoms with Crippen molar-refractivity contribution in [3.63, 3.8) is 0 Å². The van der Waals surface area contributed by atoms with Gasteiger partial charge in [-0.05, 0) is 47.9 Å². The third-order valence-corrected chi connectivity index (χ3v) is 4.89. The Hall–Kier alpha value is -2.00. The normalized spacial score (nSPS) is 11.7. The number of rotatable bonds is 10. The van der Waals surface area contributed by atoms with E-state index in [4.69, 9.17) is 0 Å². The van der Waals surface area contributed by atoms with Gasteiger partial charge in [0, 0.05) is 25.0 Å². The van der Waals surface area contributed by atoms with E-state index < -0.39 is 0 Å². The lowest BCUT2D eigenvalue weighted by molar-refractivity contribution is 0.777. The van der Waals surface area contributed by atoms with E-state index >= 15 is 0 Å². The molecule has 0 saturated carbocycles. The summed E-state index contributed by atoms with van der Waals surface area (Å²) in [5.41, 5.74) is 2.74. The van der Waals surface area contributed by atoms with Crippen LogP contribution in [0.15, 0.2) is 73.3 Å². The Morgan fingerprint density at radius 3 is 2.50 bits per heavy atom. The van der Waals surface area contributed by atoms with Crippen LogP contribution in [0.25, 0.3) is 0 Å². The van der Waals surface area contributed by atoms with Crippen LogP contribution in [0.1, 0.15) is 17.5 Å². The summed E-state index contributed by atoms with van der Waals surface area (Å²) in [4.78, 5) is 6.58. The lowest BCUT2D eigenvalue weighted by Crippen LogP contribution is -2.19. The fourth-order valence-corrected chi connectivity index (χ4v) is 3.25. The van der Waals surface area contributed by atoms with Crippen molar-refractivity contribution < 1.29 is 0 Å². The number of nitrogens with zero attached hydrogens (tertiary/aromatic N) is 2. The van der Waals surface area contributed by atoms with Crippen molar-refractivity contribution >= 4 is 17.6 Å². The zero-order valence-corrected chi connectivity index (χ0v) is 15.2. The molecule has 0 bridgehead atoms. The molecule has 0 aliphatic rings. The summed E-state index contributed by atoms with van der Waals surface area (Å²) >= 11 is 1.72. The van der Waals surface area contributed by atoms with E-state index in [-0.39, 0.29) is 0 Å². The topological polar surface area (TPSA) is 16.1 Å². The van der Waals surface area contributed by atoms with Crippen LogP contribution in [-0.4, -0.2) is 23.8 Å². The van der Waals surface area contributed by atoms with Crippen molar-refractivity contribution in [2.75, 3.05) is 18.5 Å². The van der Waals surface area contributed by atoms with E-state index in [1.165, 1.54) is 11.1 Å². The highest BCUT2D eigenvalue weighted by molar-refractivity contribution is 8.02. The van der Waals surface area contributed by atoms with Crippen molar-refractivity contribution in [1.82, 2.24) is 4.98 Å². The fourth-order valence-electron chi connectivity index (χ4n) is 2.60. The van der Waals surface area contributed by atoms with Gasteiger partial charge in [0.15, 0.2) is 0 Å². The molecule has 0 saturated heterocycles.